The lowest BCUT2D eigenvalue weighted by Gasteiger charge is -2.19. The van der Waals surface area contributed by atoms with Crippen molar-refractivity contribution in [2.45, 2.75) is 39.5 Å². The third kappa shape index (κ3) is 5.35. The van der Waals surface area contributed by atoms with Gasteiger partial charge < -0.3 is 4.52 Å². The molecule has 0 aliphatic carbocycles. The van der Waals surface area contributed by atoms with Gasteiger partial charge in [-0.2, -0.15) is 0 Å². The first kappa shape index (κ1) is 18.0. The van der Waals surface area contributed by atoms with Gasteiger partial charge in [-0.1, -0.05) is 63.1 Å². The van der Waals surface area contributed by atoms with Crippen molar-refractivity contribution in [3.63, 3.8) is 0 Å². The third-order valence-corrected chi connectivity index (χ3v) is 4.87. The Morgan fingerprint density at radius 1 is 0.870 bits per heavy atom. The molecule has 0 amide bonds. The Balaban J connectivity index is 2.19. The maximum atomic E-state index is 12.9. The third-order valence-electron chi connectivity index (χ3n) is 3.45. The molecule has 0 aliphatic rings. The lowest BCUT2D eigenvalue weighted by molar-refractivity contribution is 0.152. The molecule has 0 radical (unpaired) electrons. The van der Waals surface area contributed by atoms with E-state index in [0.29, 0.717) is 19.0 Å². The van der Waals surface area contributed by atoms with E-state index in [1.165, 1.54) is 0 Å². The number of phosphoric ester groups is 1. The van der Waals surface area contributed by atoms with E-state index in [4.69, 9.17) is 13.6 Å². The summed E-state index contributed by atoms with van der Waals surface area (Å²) in [7, 11) is -3.60. The summed E-state index contributed by atoms with van der Waals surface area (Å²) in [4.78, 5) is 0. The molecule has 0 saturated heterocycles. The first-order valence-electron chi connectivity index (χ1n) is 8.25. The minimum Gasteiger partial charge on any atom is -0.403 e. The number of unbranched alkanes of at least 4 members (excludes halogenated alkanes) is 2. The number of phosphoric acid groups is 1. The molecule has 0 heterocycles. The lowest BCUT2D eigenvalue weighted by atomic mass is 10.1. The van der Waals surface area contributed by atoms with Crippen LogP contribution < -0.4 is 4.52 Å². The van der Waals surface area contributed by atoms with E-state index in [2.05, 4.69) is 13.8 Å². The number of hydrogen-bond acceptors (Lipinski definition) is 4. The maximum Gasteiger partial charge on any atom is 0.530 e. The van der Waals surface area contributed by atoms with Gasteiger partial charge in [-0.25, -0.2) is 4.57 Å². The molecule has 0 spiro atoms. The van der Waals surface area contributed by atoms with E-state index in [-0.39, 0.29) is 0 Å². The Bertz CT molecular complexity index is 637. The molecule has 0 saturated carbocycles. The van der Waals surface area contributed by atoms with Gasteiger partial charge in [0.05, 0.1) is 13.2 Å². The van der Waals surface area contributed by atoms with Gasteiger partial charge in [0.15, 0.2) is 0 Å². The summed E-state index contributed by atoms with van der Waals surface area (Å²) in [5.74, 6) is 0.527. The van der Waals surface area contributed by atoms with Gasteiger partial charge in [0.2, 0.25) is 0 Å². The molecule has 4 nitrogen and oxygen atoms in total. The van der Waals surface area contributed by atoms with Crippen LogP contribution in [0.4, 0.5) is 0 Å². The van der Waals surface area contributed by atoms with E-state index in [1.54, 1.807) is 6.07 Å². The highest BCUT2D eigenvalue weighted by Crippen LogP contribution is 2.51. The SMILES string of the molecule is CCCCOP(=O)(OCCCC)Oc1cccc2ccccc12. The molecule has 0 bridgehead atoms. The van der Waals surface area contributed by atoms with E-state index in [9.17, 15) is 4.57 Å². The molecule has 0 aliphatic heterocycles. The highest BCUT2D eigenvalue weighted by Gasteiger charge is 2.29. The van der Waals surface area contributed by atoms with Gasteiger partial charge in [0.25, 0.3) is 0 Å². The van der Waals surface area contributed by atoms with Crippen LogP contribution in [-0.4, -0.2) is 13.2 Å². The Labute approximate surface area is 138 Å². The van der Waals surface area contributed by atoms with Gasteiger partial charge in [-0.3, -0.25) is 9.05 Å². The van der Waals surface area contributed by atoms with Crippen molar-refractivity contribution >= 4 is 18.6 Å². The van der Waals surface area contributed by atoms with Crippen LogP contribution in [0.1, 0.15) is 39.5 Å². The topological polar surface area (TPSA) is 44.8 Å². The Hall–Kier alpha value is -1.35. The van der Waals surface area contributed by atoms with Crippen LogP contribution in [0.2, 0.25) is 0 Å². The summed E-state index contributed by atoms with van der Waals surface area (Å²) in [5, 5.41) is 1.92. The summed E-state index contributed by atoms with van der Waals surface area (Å²) in [5.41, 5.74) is 0. The minimum atomic E-state index is -3.60. The molecule has 0 atom stereocenters. The molecule has 126 valence electrons. The first-order valence-corrected chi connectivity index (χ1v) is 9.71. The van der Waals surface area contributed by atoms with Crippen molar-refractivity contribution in [1.29, 1.82) is 0 Å². The molecule has 5 heteroatoms. The quantitative estimate of drug-likeness (QED) is 0.396. The Morgan fingerprint density at radius 2 is 1.48 bits per heavy atom. The Morgan fingerprint density at radius 3 is 2.13 bits per heavy atom. The van der Waals surface area contributed by atoms with Crippen LogP contribution in [0.5, 0.6) is 5.75 Å². The van der Waals surface area contributed by atoms with E-state index >= 15 is 0 Å². The van der Waals surface area contributed by atoms with Crippen molar-refractivity contribution < 1.29 is 18.1 Å². The molecule has 0 N–H and O–H groups in total. The van der Waals surface area contributed by atoms with Crippen molar-refractivity contribution in [2.75, 3.05) is 13.2 Å². The monoisotopic (exact) mass is 336 g/mol. The van der Waals surface area contributed by atoms with Crippen LogP contribution in [0, 0.1) is 0 Å². The second-order valence-electron chi connectivity index (χ2n) is 5.39. The summed E-state index contributed by atoms with van der Waals surface area (Å²) in [6.07, 6.45) is 3.56. The van der Waals surface area contributed by atoms with Gasteiger partial charge in [0, 0.05) is 5.39 Å². The summed E-state index contributed by atoms with van der Waals surface area (Å²) >= 11 is 0. The van der Waals surface area contributed by atoms with Crippen LogP contribution >= 0.6 is 7.82 Å². The molecular weight excluding hydrogens is 311 g/mol. The second-order valence-corrected chi connectivity index (χ2v) is 6.98. The van der Waals surface area contributed by atoms with Crippen molar-refractivity contribution in [2.24, 2.45) is 0 Å². The largest absolute Gasteiger partial charge is 0.530 e. The predicted molar refractivity (Wildman–Crippen MR) is 93.9 cm³/mol. The van der Waals surface area contributed by atoms with Crippen LogP contribution in [0.15, 0.2) is 42.5 Å². The molecule has 23 heavy (non-hydrogen) atoms. The summed E-state index contributed by atoms with van der Waals surface area (Å²) in [6, 6.07) is 13.5. The summed E-state index contributed by atoms with van der Waals surface area (Å²) < 4.78 is 29.6. The zero-order chi connectivity index (χ0) is 16.5. The van der Waals surface area contributed by atoms with Gasteiger partial charge in [-0.15, -0.1) is 0 Å². The number of fused-ring (bicyclic) bond motifs is 1. The van der Waals surface area contributed by atoms with E-state index in [0.717, 1.165) is 36.5 Å². The van der Waals surface area contributed by atoms with Crippen molar-refractivity contribution in [1.82, 2.24) is 0 Å². The fourth-order valence-corrected chi connectivity index (χ4v) is 3.41. The smallest absolute Gasteiger partial charge is 0.403 e. The average molecular weight is 336 g/mol. The molecule has 0 unspecified atom stereocenters. The number of benzene rings is 2. The second kappa shape index (κ2) is 9.07. The zero-order valence-electron chi connectivity index (χ0n) is 13.9. The zero-order valence-corrected chi connectivity index (χ0v) is 14.8. The Kier molecular flexibility index (Phi) is 7.10. The van der Waals surface area contributed by atoms with Crippen molar-refractivity contribution in [3.05, 3.63) is 42.5 Å². The predicted octanol–water partition coefficient (Wildman–Crippen LogP) is 5.96. The lowest BCUT2D eigenvalue weighted by Crippen LogP contribution is -2.05. The number of hydrogen-bond donors (Lipinski definition) is 0. The van der Waals surface area contributed by atoms with Crippen molar-refractivity contribution in [3.8, 4) is 5.75 Å². The standard InChI is InChI=1S/C18H25O4P/c1-3-5-14-20-23(19,21-15-6-4-2)22-18-13-9-11-16-10-7-8-12-17(16)18/h7-13H,3-6,14-15H2,1-2H3. The number of rotatable bonds is 10. The normalized spacial score (nSPS) is 11.7. The fourth-order valence-electron chi connectivity index (χ4n) is 2.13. The minimum absolute atomic E-state index is 0.366. The van der Waals surface area contributed by atoms with E-state index in [1.807, 2.05) is 36.4 Å². The molecule has 0 aromatic heterocycles. The molecule has 0 fully saturated rings. The summed E-state index contributed by atoms with van der Waals surface area (Å²) in [6.45, 7) is 4.84. The highest BCUT2D eigenvalue weighted by molar-refractivity contribution is 7.48. The van der Waals surface area contributed by atoms with Gasteiger partial charge >= 0.3 is 7.82 Å². The van der Waals surface area contributed by atoms with Crippen LogP contribution in [0.3, 0.4) is 0 Å². The average Bonchev–Trinajstić information content (AvgIpc) is 2.56. The highest BCUT2D eigenvalue weighted by atomic mass is 31.2. The van der Waals surface area contributed by atoms with E-state index < -0.39 is 7.82 Å². The fraction of sp³-hybridized carbons (Fsp3) is 0.444. The van der Waals surface area contributed by atoms with Gasteiger partial charge in [-0.05, 0) is 24.3 Å². The molecule has 2 aromatic rings. The van der Waals surface area contributed by atoms with Crippen LogP contribution in [0.25, 0.3) is 10.8 Å². The van der Waals surface area contributed by atoms with Crippen LogP contribution in [-0.2, 0) is 13.6 Å². The maximum absolute atomic E-state index is 12.9. The molecule has 2 aromatic carbocycles. The first-order chi connectivity index (χ1) is 11.2. The van der Waals surface area contributed by atoms with Gasteiger partial charge in [0.1, 0.15) is 5.75 Å². The molecule has 2 rings (SSSR count). The molecular formula is C18H25O4P.